The van der Waals surface area contributed by atoms with Crippen molar-refractivity contribution in [1.82, 2.24) is 0 Å². The molecule has 0 radical (unpaired) electrons. The first-order chi connectivity index (χ1) is 7.44. The zero-order valence-electron chi connectivity index (χ0n) is 9.99. The summed E-state index contributed by atoms with van der Waals surface area (Å²) in [6.07, 6.45) is 1.50. The van der Waals surface area contributed by atoms with Crippen LogP contribution in [-0.4, -0.2) is 18.0 Å². The Labute approximate surface area is 96.1 Å². The molecular formula is C13H18O3. The third-order valence-electron chi connectivity index (χ3n) is 2.27. The first-order valence-corrected chi connectivity index (χ1v) is 5.34. The van der Waals surface area contributed by atoms with Gasteiger partial charge in [0.1, 0.15) is 11.5 Å². The zero-order valence-corrected chi connectivity index (χ0v) is 9.99. The van der Waals surface area contributed by atoms with Crippen LogP contribution in [0.2, 0.25) is 0 Å². The highest BCUT2D eigenvalue weighted by Crippen LogP contribution is 2.26. The number of phenols is 1. The van der Waals surface area contributed by atoms with Gasteiger partial charge in [-0.1, -0.05) is 26.8 Å². The third kappa shape index (κ3) is 3.57. The van der Waals surface area contributed by atoms with E-state index in [0.29, 0.717) is 18.6 Å². The third-order valence-corrected chi connectivity index (χ3v) is 2.27. The molecular weight excluding hydrogens is 204 g/mol. The summed E-state index contributed by atoms with van der Waals surface area (Å²) in [4.78, 5) is 10.8. The highest BCUT2D eigenvalue weighted by Gasteiger charge is 2.12. The average Bonchev–Trinajstić information content (AvgIpc) is 2.16. The molecule has 0 aromatic heterocycles. The Morgan fingerprint density at radius 2 is 2.06 bits per heavy atom. The highest BCUT2D eigenvalue weighted by atomic mass is 16.5. The van der Waals surface area contributed by atoms with Crippen molar-refractivity contribution in [3.05, 3.63) is 23.8 Å². The molecule has 0 heterocycles. The summed E-state index contributed by atoms with van der Waals surface area (Å²) in [6, 6.07) is 4.82. The SMILES string of the molecule is CC(C)(C)CCOc1cccc(O)c1C=O. The lowest BCUT2D eigenvalue weighted by Gasteiger charge is -2.18. The summed E-state index contributed by atoms with van der Waals surface area (Å²) < 4.78 is 5.49. The van der Waals surface area contributed by atoms with Gasteiger partial charge in [0.05, 0.1) is 12.2 Å². The molecule has 1 rings (SSSR count). The topological polar surface area (TPSA) is 46.5 Å². The predicted molar refractivity (Wildman–Crippen MR) is 63.1 cm³/mol. The molecule has 0 spiro atoms. The second kappa shape index (κ2) is 5.01. The summed E-state index contributed by atoms with van der Waals surface area (Å²) in [7, 11) is 0. The van der Waals surface area contributed by atoms with Crippen molar-refractivity contribution >= 4 is 6.29 Å². The van der Waals surface area contributed by atoms with Crippen molar-refractivity contribution < 1.29 is 14.6 Å². The van der Waals surface area contributed by atoms with Crippen LogP contribution in [0.15, 0.2) is 18.2 Å². The molecule has 0 fully saturated rings. The van der Waals surface area contributed by atoms with E-state index in [-0.39, 0.29) is 16.7 Å². The molecule has 1 N–H and O–H groups in total. The van der Waals surface area contributed by atoms with Gasteiger partial charge < -0.3 is 9.84 Å². The van der Waals surface area contributed by atoms with Crippen molar-refractivity contribution in [3.8, 4) is 11.5 Å². The number of benzene rings is 1. The summed E-state index contributed by atoms with van der Waals surface area (Å²) in [5.41, 5.74) is 0.412. The highest BCUT2D eigenvalue weighted by molar-refractivity contribution is 5.83. The maximum atomic E-state index is 10.8. The number of ether oxygens (including phenoxy) is 1. The minimum Gasteiger partial charge on any atom is -0.507 e. The van der Waals surface area contributed by atoms with Gasteiger partial charge in [0.25, 0.3) is 0 Å². The Kier molecular flexibility index (Phi) is 3.93. The van der Waals surface area contributed by atoms with Crippen LogP contribution in [0.5, 0.6) is 11.5 Å². The second-order valence-electron chi connectivity index (χ2n) is 4.97. The van der Waals surface area contributed by atoms with Crippen LogP contribution >= 0.6 is 0 Å². The van der Waals surface area contributed by atoms with Gasteiger partial charge in [-0.25, -0.2) is 0 Å². The molecule has 3 heteroatoms. The molecule has 0 amide bonds. The van der Waals surface area contributed by atoms with E-state index in [1.54, 1.807) is 12.1 Å². The maximum absolute atomic E-state index is 10.8. The summed E-state index contributed by atoms with van der Waals surface area (Å²) in [5, 5.41) is 9.44. The van der Waals surface area contributed by atoms with Gasteiger partial charge in [-0.15, -0.1) is 0 Å². The minimum absolute atomic E-state index is 0.0386. The van der Waals surface area contributed by atoms with Crippen molar-refractivity contribution in [3.63, 3.8) is 0 Å². The lowest BCUT2D eigenvalue weighted by molar-refractivity contribution is 0.111. The first kappa shape index (κ1) is 12.6. The van der Waals surface area contributed by atoms with Crippen LogP contribution in [0.3, 0.4) is 0 Å². The van der Waals surface area contributed by atoms with Gasteiger partial charge in [-0.05, 0) is 24.0 Å². The lowest BCUT2D eigenvalue weighted by atomic mass is 9.93. The largest absolute Gasteiger partial charge is 0.507 e. The van der Waals surface area contributed by atoms with Crippen molar-refractivity contribution in [2.75, 3.05) is 6.61 Å². The summed E-state index contributed by atoms with van der Waals surface area (Å²) in [5.74, 6) is 0.405. The normalized spacial score (nSPS) is 11.2. The van der Waals surface area contributed by atoms with Crippen molar-refractivity contribution in [1.29, 1.82) is 0 Å². The van der Waals surface area contributed by atoms with Crippen LogP contribution in [0.1, 0.15) is 37.6 Å². The molecule has 0 bridgehead atoms. The molecule has 0 unspecified atom stereocenters. The Bertz CT molecular complexity index is 364. The van der Waals surface area contributed by atoms with Gasteiger partial charge in [0.2, 0.25) is 0 Å². The summed E-state index contributed by atoms with van der Waals surface area (Å²) >= 11 is 0. The zero-order chi connectivity index (χ0) is 12.2. The fourth-order valence-corrected chi connectivity index (χ4v) is 1.24. The van der Waals surface area contributed by atoms with Crippen LogP contribution in [-0.2, 0) is 0 Å². The van der Waals surface area contributed by atoms with E-state index in [2.05, 4.69) is 20.8 Å². The van der Waals surface area contributed by atoms with E-state index >= 15 is 0 Å². The van der Waals surface area contributed by atoms with Gasteiger partial charge in [-0.2, -0.15) is 0 Å². The molecule has 0 aliphatic rings. The van der Waals surface area contributed by atoms with Crippen LogP contribution in [0, 0.1) is 5.41 Å². The van der Waals surface area contributed by atoms with Crippen LogP contribution in [0.4, 0.5) is 0 Å². The number of hydrogen-bond acceptors (Lipinski definition) is 3. The minimum atomic E-state index is -0.0386. The number of hydrogen-bond donors (Lipinski definition) is 1. The molecule has 3 nitrogen and oxygen atoms in total. The predicted octanol–water partition coefficient (Wildman–Crippen LogP) is 3.02. The molecule has 0 atom stereocenters. The van der Waals surface area contributed by atoms with Crippen LogP contribution < -0.4 is 4.74 Å². The van der Waals surface area contributed by atoms with Crippen molar-refractivity contribution in [2.24, 2.45) is 5.41 Å². The quantitative estimate of drug-likeness (QED) is 0.796. The molecule has 0 aliphatic carbocycles. The second-order valence-corrected chi connectivity index (χ2v) is 4.97. The monoisotopic (exact) mass is 222 g/mol. The number of rotatable bonds is 4. The Morgan fingerprint density at radius 1 is 1.38 bits per heavy atom. The molecule has 1 aromatic rings. The van der Waals surface area contributed by atoms with E-state index in [4.69, 9.17) is 4.74 Å². The smallest absolute Gasteiger partial charge is 0.157 e. The number of aromatic hydroxyl groups is 1. The van der Waals surface area contributed by atoms with Gasteiger partial charge in [-0.3, -0.25) is 4.79 Å². The van der Waals surface area contributed by atoms with Gasteiger partial charge >= 0.3 is 0 Å². The van der Waals surface area contributed by atoms with E-state index in [1.165, 1.54) is 6.07 Å². The molecule has 0 saturated heterocycles. The molecule has 16 heavy (non-hydrogen) atoms. The van der Waals surface area contributed by atoms with E-state index in [0.717, 1.165) is 6.42 Å². The van der Waals surface area contributed by atoms with E-state index in [9.17, 15) is 9.90 Å². The fourth-order valence-electron chi connectivity index (χ4n) is 1.24. The number of aldehydes is 1. The molecule has 0 aliphatic heterocycles. The number of carbonyl (C=O) groups is 1. The van der Waals surface area contributed by atoms with Gasteiger partial charge in [0, 0.05) is 0 Å². The Balaban J connectivity index is 2.67. The number of phenolic OH excluding ortho intramolecular Hbond substituents is 1. The average molecular weight is 222 g/mol. The number of carbonyl (C=O) groups excluding carboxylic acids is 1. The van der Waals surface area contributed by atoms with Crippen molar-refractivity contribution in [2.45, 2.75) is 27.2 Å². The molecule has 0 saturated carbocycles. The van der Waals surface area contributed by atoms with Gasteiger partial charge in [0.15, 0.2) is 6.29 Å². The summed E-state index contributed by atoms with van der Waals surface area (Å²) in [6.45, 7) is 6.91. The molecule has 88 valence electrons. The lowest BCUT2D eigenvalue weighted by Crippen LogP contribution is -2.11. The standard InChI is InChI=1S/C13H18O3/c1-13(2,3)7-8-16-12-6-4-5-11(15)10(12)9-14/h4-6,9,15H,7-8H2,1-3H3. The fraction of sp³-hybridized carbons (Fsp3) is 0.462. The molecule has 1 aromatic carbocycles. The first-order valence-electron chi connectivity index (χ1n) is 5.34. The maximum Gasteiger partial charge on any atom is 0.157 e. The Hall–Kier alpha value is -1.51. The van der Waals surface area contributed by atoms with E-state index < -0.39 is 0 Å². The van der Waals surface area contributed by atoms with E-state index in [1.807, 2.05) is 0 Å². The van der Waals surface area contributed by atoms with Crippen LogP contribution in [0.25, 0.3) is 0 Å². The Morgan fingerprint density at radius 3 is 2.62 bits per heavy atom.